The first-order valence-corrected chi connectivity index (χ1v) is 7.46. The fourth-order valence-electron chi connectivity index (χ4n) is 0.154. The Morgan fingerprint density at radius 1 is 1.57 bits per heavy atom. The summed E-state index contributed by atoms with van der Waals surface area (Å²) >= 11 is 13.2. The molecule has 0 aromatic carbocycles. The maximum Gasteiger partial charge on any atom is 0.259 e. The van der Waals surface area contributed by atoms with Gasteiger partial charge in [-0.05, 0) is 0 Å². The largest absolute Gasteiger partial charge is 0.259 e. The summed E-state index contributed by atoms with van der Waals surface area (Å²) in [6.07, 6.45) is 1.98. The first kappa shape index (κ1) is 8.27. The minimum atomic E-state index is -1.43. The predicted octanol–water partition coefficient (Wildman–Crippen LogP) is 2.21. The lowest BCUT2D eigenvalue weighted by molar-refractivity contribution is 1.88. The minimum absolute atomic E-state index is 1.00. The third-order valence-corrected chi connectivity index (χ3v) is 2.32. The molecule has 0 aliphatic heterocycles. The Morgan fingerprint density at radius 3 is 2.29 bits per heavy atom. The quantitative estimate of drug-likeness (QED) is 0.311. The van der Waals surface area contributed by atoms with Crippen LogP contribution in [0.2, 0.25) is 0 Å². The van der Waals surface area contributed by atoms with Crippen molar-refractivity contribution in [2.24, 2.45) is 0 Å². The van der Waals surface area contributed by atoms with Crippen molar-refractivity contribution in [3.8, 4) is 0 Å². The second-order valence-electron chi connectivity index (χ2n) is 0.917. The van der Waals surface area contributed by atoms with E-state index in [0.29, 0.717) is 0 Å². The van der Waals surface area contributed by atoms with Gasteiger partial charge in [0.2, 0.25) is 0 Å². The predicted molar refractivity (Wildman–Crippen MR) is 46.9 cm³/mol. The van der Waals surface area contributed by atoms with Gasteiger partial charge in [0.05, 0.1) is 0 Å². The molecule has 0 amide bonds. The van der Waals surface area contributed by atoms with Crippen LogP contribution >= 0.6 is 44.7 Å². The molecule has 0 atom stereocenters. The van der Waals surface area contributed by atoms with Crippen molar-refractivity contribution < 1.29 is 0 Å². The van der Waals surface area contributed by atoms with Gasteiger partial charge in [-0.15, -0.1) is 22.2 Å². The SMILES string of the molecule is Cl[SiH](Cl)C=CCI. The van der Waals surface area contributed by atoms with E-state index in [4.69, 9.17) is 22.2 Å². The smallest absolute Gasteiger partial charge is 0.145 e. The molecular weight excluding hydrogens is 262 g/mol. The second kappa shape index (κ2) is 5.40. The van der Waals surface area contributed by atoms with E-state index in [0.717, 1.165) is 4.43 Å². The molecular formula is C3H5Cl2ISi. The molecule has 0 heterocycles. The van der Waals surface area contributed by atoms with Gasteiger partial charge in [-0.2, -0.15) is 0 Å². The molecule has 4 heteroatoms. The molecule has 42 valence electrons. The molecule has 0 aliphatic rings. The Kier molecular flexibility index (Phi) is 6.38. The first-order chi connectivity index (χ1) is 3.27. The third kappa shape index (κ3) is 7.27. The number of hydrogen-bond donors (Lipinski definition) is 0. The van der Waals surface area contributed by atoms with Crippen LogP contribution in [0.5, 0.6) is 0 Å². The van der Waals surface area contributed by atoms with E-state index in [-0.39, 0.29) is 0 Å². The van der Waals surface area contributed by atoms with Crippen LogP contribution in [-0.4, -0.2) is 11.8 Å². The van der Waals surface area contributed by atoms with Crippen LogP contribution in [0.15, 0.2) is 11.8 Å². The summed E-state index contributed by atoms with van der Waals surface area (Å²) < 4.78 is 1.00. The standard InChI is InChI=1S/C3H5Cl2ISi/c4-7(5)3-1-2-6/h1,3,7H,2H2. The van der Waals surface area contributed by atoms with Crippen molar-refractivity contribution in [3.63, 3.8) is 0 Å². The van der Waals surface area contributed by atoms with Gasteiger partial charge in [0.25, 0.3) is 7.42 Å². The molecule has 0 aliphatic carbocycles. The fourth-order valence-corrected chi connectivity index (χ4v) is 1.96. The highest BCUT2D eigenvalue weighted by molar-refractivity contribution is 14.1. The maximum absolute atomic E-state index is 5.47. The van der Waals surface area contributed by atoms with Gasteiger partial charge in [-0.1, -0.05) is 34.4 Å². The Labute approximate surface area is 68.0 Å². The molecule has 7 heavy (non-hydrogen) atoms. The summed E-state index contributed by atoms with van der Waals surface area (Å²) in [5.41, 5.74) is 1.88. The summed E-state index contributed by atoms with van der Waals surface area (Å²) in [7, 11) is -1.43. The Bertz CT molecular complexity index is 64.0. The van der Waals surface area contributed by atoms with E-state index in [1.54, 1.807) is 0 Å². The van der Waals surface area contributed by atoms with Crippen LogP contribution in [0.3, 0.4) is 0 Å². The average molecular weight is 267 g/mol. The molecule has 0 nitrogen and oxygen atoms in total. The molecule has 0 radical (unpaired) electrons. The molecule has 0 saturated carbocycles. The molecule has 0 saturated heterocycles. The number of halogens is 3. The number of rotatable bonds is 2. The first-order valence-electron chi connectivity index (χ1n) is 1.78. The molecule has 0 aromatic rings. The molecule has 0 unspecified atom stereocenters. The highest BCUT2D eigenvalue weighted by Gasteiger charge is 1.89. The van der Waals surface area contributed by atoms with Gasteiger partial charge >= 0.3 is 0 Å². The molecule has 0 N–H and O–H groups in total. The molecule has 0 fully saturated rings. The van der Waals surface area contributed by atoms with Crippen LogP contribution in [0, 0.1) is 0 Å². The van der Waals surface area contributed by atoms with Crippen molar-refractivity contribution in [2.45, 2.75) is 0 Å². The van der Waals surface area contributed by atoms with Gasteiger partial charge in [-0.25, -0.2) is 0 Å². The zero-order valence-corrected chi connectivity index (χ0v) is 8.40. The lowest BCUT2D eigenvalue weighted by atomic mass is 10.8. The monoisotopic (exact) mass is 266 g/mol. The second-order valence-corrected chi connectivity index (χ2v) is 6.34. The van der Waals surface area contributed by atoms with Gasteiger partial charge in [0, 0.05) is 4.43 Å². The fraction of sp³-hybridized carbons (Fsp3) is 0.333. The van der Waals surface area contributed by atoms with E-state index in [2.05, 4.69) is 22.6 Å². The van der Waals surface area contributed by atoms with Gasteiger partial charge in [0.15, 0.2) is 0 Å². The Balaban J connectivity index is 3.08. The van der Waals surface area contributed by atoms with Crippen LogP contribution in [0.25, 0.3) is 0 Å². The van der Waals surface area contributed by atoms with Gasteiger partial charge < -0.3 is 0 Å². The van der Waals surface area contributed by atoms with Crippen molar-refractivity contribution in [1.29, 1.82) is 0 Å². The normalized spacial score (nSPS) is 11.4. The molecule has 0 rings (SSSR count). The van der Waals surface area contributed by atoms with Gasteiger partial charge in [-0.3, -0.25) is 0 Å². The lowest BCUT2D eigenvalue weighted by Crippen LogP contribution is -1.82. The number of hydrogen-bond acceptors (Lipinski definition) is 0. The molecule has 0 aromatic heterocycles. The topological polar surface area (TPSA) is 0 Å². The van der Waals surface area contributed by atoms with E-state index in [1.807, 2.05) is 11.8 Å². The van der Waals surface area contributed by atoms with Crippen LogP contribution in [0.1, 0.15) is 0 Å². The highest BCUT2D eigenvalue weighted by atomic mass is 127. The Morgan fingerprint density at radius 2 is 2.14 bits per heavy atom. The lowest BCUT2D eigenvalue weighted by Gasteiger charge is -1.80. The van der Waals surface area contributed by atoms with E-state index < -0.39 is 7.42 Å². The summed E-state index contributed by atoms with van der Waals surface area (Å²) in [5.74, 6) is 0. The van der Waals surface area contributed by atoms with Crippen molar-refractivity contribution >= 4 is 52.2 Å². The van der Waals surface area contributed by atoms with E-state index in [1.165, 1.54) is 0 Å². The minimum Gasteiger partial charge on any atom is -0.145 e. The maximum atomic E-state index is 5.47. The zero-order chi connectivity index (χ0) is 5.70. The molecule has 0 bridgehead atoms. The summed E-state index contributed by atoms with van der Waals surface area (Å²) in [4.78, 5) is 0. The summed E-state index contributed by atoms with van der Waals surface area (Å²) in [6.45, 7) is 0. The highest BCUT2D eigenvalue weighted by Crippen LogP contribution is 1.96. The van der Waals surface area contributed by atoms with Crippen LogP contribution < -0.4 is 0 Å². The van der Waals surface area contributed by atoms with E-state index >= 15 is 0 Å². The van der Waals surface area contributed by atoms with Crippen LogP contribution in [-0.2, 0) is 0 Å². The average Bonchev–Trinajstić information content (AvgIpc) is 1.61. The van der Waals surface area contributed by atoms with Crippen molar-refractivity contribution in [3.05, 3.63) is 11.8 Å². The van der Waals surface area contributed by atoms with Gasteiger partial charge in [0.1, 0.15) is 0 Å². The summed E-state index contributed by atoms with van der Waals surface area (Å²) in [5, 5.41) is 0. The van der Waals surface area contributed by atoms with Crippen molar-refractivity contribution in [2.75, 3.05) is 4.43 Å². The third-order valence-electron chi connectivity index (χ3n) is 0.371. The zero-order valence-electron chi connectivity index (χ0n) is 3.57. The number of alkyl halides is 1. The van der Waals surface area contributed by atoms with Crippen LogP contribution in [0.4, 0.5) is 0 Å². The Hall–Kier alpha value is 1.27. The molecule has 0 spiro atoms. The summed E-state index contributed by atoms with van der Waals surface area (Å²) in [6, 6.07) is 0. The van der Waals surface area contributed by atoms with E-state index in [9.17, 15) is 0 Å². The number of allylic oxidation sites excluding steroid dienone is 1. The van der Waals surface area contributed by atoms with Crippen molar-refractivity contribution in [1.82, 2.24) is 0 Å².